The van der Waals surface area contributed by atoms with Gasteiger partial charge in [0.1, 0.15) is 0 Å². The first-order chi connectivity index (χ1) is 8.14. The van der Waals surface area contributed by atoms with Gasteiger partial charge >= 0.3 is 7.82 Å². The lowest BCUT2D eigenvalue weighted by Gasteiger charge is -2.12. The molecule has 96 valence electrons. The van der Waals surface area contributed by atoms with Crippen molar-refractivity contribution in [1.82, 2.24) is 4.90 Å². The molecule has 0 aliphatic carbocycles. The van der Waals surface area contributed by atoms with Crippen molar-refractivity contribution in [3.63, 3.8) is 0 Å². The molecule has 2 aliphatic rings. The van der Waals surface area contributed by atoms with E-state index in [-0.39, 0.29) is 18.4 Å². The molecule has 1 unspecified atom stereocenters. The molecular weight excluding hydrogens is 245 g/mol. The molecule has 7 heteroatoms. The summed E-state index contributed by atoms with van der Waals surface area (Å²) in [4.78, 5) is 13.3. The van der Waals surface area contributed by atoms with E-state index in [1.54, 1.807) is 4.90 Å². The van der Waals surface area contributed by atoms with E-state index in [1.807, 2.05) is 0 Å². The number of nitrogens with zero attached hydrogens (tertiary/aromatic N) is 1. The van der Waals surface area contributed by atoms with Crippen molar-refractivity contribution >= 4 is 13.7 Å². The molecule has 1 atom stereocenters. The Morgan fingerprint density at radius 2 is 2.24 bits per heavy atom. The van der Waals surface area contributed by atoms with Gasteiger partial charge in [0.25, 0.3) is 0 Å². The molecule has 6 nitrogen and oxygen atoms in total. The van der Waals surface area contributed by atoms with E-state index in [9.17, 15) is 9.36 Å². The Labute approximate surface area is 100 Å². The van der Waals surface area contributed by atoms with Crippen LogP contribution in [0.25, 0.3) is 0 Å². The molecular formula is C10H16NO5P. The minimum Gasteiger partial charge on any atom is -0.319 e. The highest BCUT2D eigenvalue weighted by molar-refractivity contribution is 7.48. The summed E-state index contributed by atoms with van der Waals surface area (Å²) in [6, 6.07) is 0. The van der Waals surface area contributed by atoms with Gasteiger partial charge in [0.15, 0.2) is 0 Å². The van der Waals surface area contributed by atoms with Crippen molar-refractivity contribution in [2.45, 2.75) is 12.8 Å². The maximum atomic E-state index is 11.7. The average molecular weight is 261 g/mol. The molecule has 2 aliphatic heterocycles. The second-order valence-electron chi connectivity index (χ2n) is 3.94. The van der Waals surface area contributed by atoms with Crippen LogP contribution in [-0.2, 0) is 22.9 Å². The quantitative estimate of drug-likeness (QED) is 0.702. The van der Waals surface area contributed by atoms with Crippen LogP contribution in [0.2, 0.25) is 0 Å². The standard InChI is InChI=1S/C10H16NO5P/c1-2-11-5-3-9(10(11)12)4-6-14-17(13)15-7-8-16-17/h2,9H,1,3-8H2. The highest BCUT2D eigenvalue weighted by Gasteiger charge is 2.34. The van der Waals surface area contributed by atoms with E-state index in [0.29, 0.717) is 26.2 Å². The van der Waals surface area contributed by atoms with E-state index in [1.165, 1.54) is 6.20 Å². The third-order valence-corrected chi connectivity index (χ3v) is 4.37. The third kappa shape index (κ3) is 2.96. The fourth-order valence-electron chi connectivity index (χ4n) is 1.93. The number of likely N-dealkylation sites (tertiary alicyclic amines) is 1. The van der Waals surface area contributed by atoms with Gasteiger partial charge in [0, 0.05) is 12.5 Å². The Kier molecular flexibility index (Phi) is 3.99. The lowest BCUT2D eigenvalue weighted by atomic mass is 10.1. The Hall–Kier alpha value is -0.680. The van der Waals surface area contributed by atoms with Gasteiger partial charge < -0.3 is 4.90 Å². The van der Waals surface area contributed by atoms with Gasteiger partial charge in [-0.3, -0.25) is 18.4 Å². The number of hydrogen-bond donors (Lipinski definition) is 0. The summed E-state index contributed by atoms with van der Waals surface area (Å²) in [5.74, 6) is -0.0302. The summed E-state index contributed by atoms with van der Waals surface area (Å²) in [5, 5.41) is 0. The summed E-state index contributed by atoms with van der Waals surface area (Å²) >= 11 is 0. The van der Waals surface area contributed by atoms with Crippen LogP contribution >= 0.6 is 7.82 Å². The molecule has 0 N–H and O–H groups in total. The van der Waals surface area contributed by atoms with Crippen molar-refractivity contribution in [3.8, 4) is 0 Å². The smallest absolute Gasteiger partial charge is 0.319 e. The zero-order chi connectivity index (χ0) is 12.3. The number of carbonyl (C=O) groups excluding carboxylic acids is 1. The maximum absolute atomic E-state index is 11.7. The van der Waals surface area contributed by atoms with Crippen molar-refractivity contribution in [1.29, 1.82) is 0 Å². The van der Waals surface area contributed by atoms with Crippen LogP contribution in [0.5, 0.6) is 0 Å². The average Bonchev–Trinajstić information content (AvgIpc) is 2.87. The minimum absolute atomic E-state index is 0.0511. The first-order valence-electron chi connectivity index (χ1n) is 5.61. The molecule has 0 aromatic carbocycles. The predicted octanol–water partition coefficient (Wildman–Crippen LogP) is 1.54. The van der Waals surface area contributed by atoms with Gasteiger partial charge in [-0.15, -0.1) is 0 Å². The molecule has 0 aromatic rings. The van der Waals surface area contributed by atoms with Crippen LogP contribution in [0.3, 0.4) is 0 Å². The van der Waals surface area contributed by atoms with Crippen LogP contribution in [0.1, 0.15) is 12.8 Å². The number of phosphoric ester groups is 1. The highest BCUT2D eigenvalue weighted by Crippen LogP contribution is 2.52. The molecule has 0 bridgehead atoms. The van der Waals surface area contributed by atoms with Crippen molar-refractivity contribution in [3.05, 3.63) is 12.8 Å². The largest absolute Gasteiger partial charge is 0.474 e. The molecule has 2 rings (SSSR count). The molecule has 2 heterocycles. The second kappa shape index (κ2) is 5.31. The molecule has 17 heavy (non-hydrogen) atoms. The van der Waals surface area contributed by atoms with Crippen LogP contribution in [0.4, 0.5) is 0 Å². The lowest BCUT2D eigenvalue weighted by molar-refractivity contribution is -0.129. The fraction of sp³-hybridized carbons (Fsp3) is 0.700. The first-order valence-corrected chi connectivity index (χ1v) is 7.07. The number of hydrogen-bond acceptors (Lipinski definition) is 5. The topological polar surface area (TPSA) is 65.1 Å². The minimum atomic E-state index is -3.31. The molecule has 2 fully saturated rings. The van der Waals surface area contributed by atoms with Crippen LogP contribution in [0.15, 0.2) is 12.8 Å². The summed E-state index contributed by atoms with van der Waals surface area (Å²) in [7, 11) is -3.31. The molecule has 1 amide bonds. The van der Waals surface area contributed by atoms with E-state index in [2.05, 4.69) is 6.58 Å². The van der Waals surface area contributed by atoms with Crippen molar-refractivity contribution < 1.29 is 22.9 Å². The molecule has 0 radical (unpaired) electrons. The van der Waals surface area contributed by atoms with E-state index < -0.39 is 7.82 Å². The van der Waals surface area contributed by atoms with E-state index in [0.717, 1.165) is 6.42 Å². The highest BCUT2D eigenvalue weighted by atomic mass is 31.2. The zero-order valence-electron chi connectivity index (χ0n) is 9.54. The monoisotopic (exact) mass is 261 g/mol. The van der Waals surface area contributed by atoms with Crippen LogP contribution < -0.4 is 0 Å². The third-order valence-electron chi connectivity index (χ3n) is 2.87. The van der Waals surface area contributed by atoms with Gasteiger partial charge in [0.2, 0.25) is 5.91 Å². The van der Waals surface area contributed by atoms with Gasteiger partial charge in [0.05, 0.1) is 19.8 Å². The zero-order valence-corrected chi connectivity index (χ0v) is 10.4. The SMILES string of the molecule is C=CN1CCC(CCOP2(=O)OCCO2)C1=O. The molecule has 0 aromatic heterocycles. The first kappa shape index (κ1) is 12.8. The predicted molar refractivity (Wildman–Crippen MR) is 60.1 cm³/mol. The lowest BCUT2D eigenvalue weighted by Crippen LogP contribution is -2.22. The van der Waals surface area contributed by atoms with Gasteiger partial charge in [-0.1, -0.05) is 6.58 Å². The number of amides is 1. The number of rotatable bonds is 5. The second-order valence-corrected chi connectivity index (χ2v) is 5.60. The molecule has 2 saturated heterocycles. The van der Waals surface area contributed by atoms with Gasteiger partial charge in [-0.25, -0.2) is 4.57 Å². The van der Waals surface area contributed by atoms with Gasteiger partial charge in [-0.2, -0.15) is 0 Å². The molecule has 0 spiro atoms. The Morgan fingerprint density at radius 3 is 2.82 bits per heavy atom. The summed E-state index contributed by atoms with van der Waals surface area (Å²) in [6.45, 7) is 5.06. The van der Waals surface area contributed by atoms with E-state index in [4.69, 9.17) is 13.6 Å². The van der Waals surface area contributed by atoms with Crippen molar-refractivity contribution in [2.24, 2.45) is 5.92 Å². The van der Waals surface area contributed by atoms with Crippen LogP contribution in [0, 0.1) is 5.92 Å². The van der Waals surface area contributed by atoms with Gasteiger partial charge in [-0.05, 0) is 19.0 Å². The Morgan fingerprint density at radius 1 is 1.53 bits per heavy atom. The number of phosphoric acid groups is 1. The molecule has 0 saturated carbocycles. The maximum Gasteiger partial charge on any atom is 0.474 e. The summed E-state index contributed by atoms with van der Waals surface area (Å²) < 4.78 is 26.4. The summed E-state index contributed by atoms with van der Waals surface area (Å²) in [5.41, 5.74) is 0. The number of carbonyl (C=O) groups is 1. The van der Waals surface area contributed by atoms with Crippen molar-refractivity contribution in [2.75, 3.05) is 26.4 Å². The fourth-order valence-corrected chi connectivity index (χ4v) is 3.08. The Balaban J connectivity index is 1.74. The van der Waals surface area contributed by atoms with Crippen LogP contribution in [-0.4, -0.2) is 37.2 Å². The van der Waals surface area contributed by atoms with E-state index >= 15 is 0 Å². The Bertz CT molecular complexity index is 349. The summed E-state index contributed by atoms with van der Waals surface area (Å²) in [6.07, 6.45) is 2.84. The normalized spacial score (nSPS) is 27.6.